The summed E-state index contributed by atoms with van der Waals surface area (Å²) in [6.07, 6.45) is 3.31. The van der Waals surface area contributed by atoms with Crippen LogP contribution in [0.25, 0.3) is 0 Å². The van der Waals surface area contributed by atoms with E-state index in [1.807, 2.05) is 0 Å². The number of nitrogens with one attached hydrogen (secondary N) is 1. The quantitative estimate of drug-likeness (QED) is 0.678. The fraction of sp³-hybridized carbons (Fsp3) is 0.917. The highest BCUT2D eigenvalue weighted by Crippen LogP contribution is 2.29. The van der Waals surface area contributed by atoms with E-state index in [-0.39, 0.29) is 6.54 Å². The summed E-state index contributed by atoms with van der Waals surface area (Å²) >= 11 is 0. The third kappa shape index (κ3) is 3.46. The zero-order chi connectivity index (χ0) is 12.3. The van der Waals surface area contributed by atoms with Crippen LogP contribution in [0.4, 0.5) is 0 Å². The van der Waals surface area contributed by atoms with E-state index < -0.39 is 11.6 Å². The van der Waals surface area contributed by atoms with Crippen molar-refractivity contribution < 1.29 is 15.0 Å². The topological polar surface area (TPSA) is 69.6 Å². The molecule has 1 aliphatic rings. The summed E-state index contributed by atoms with van der Waals surface area (Å²) in [6.45, 7) is 5.94. The van der Waals surface area contributed by atoms with Gasteiger partial charge in [0.25, 0.3) is 0 Å². The Bertz CT molecular complexity index is 253. The van der Waals surface area contributed by atoms with Gasteiger partial charge in [0.1, 0.15) is 0 Å². The third-order valence-corrected chi connectivity index (χ3v) is 3.79. The maximum atomic E-state index is 10.7. The molecule has 3 N–H and O–H groups in total. The maximum Gasteiger partial charge on any atom is 0.336 e. The lowest BCUT2D eigenvalue weighted by Crippen LogP contribution is -2.49. The van der Waals surface area contributed by atoms with Crippen molar-refractivity contribution in [3.8, 4) is 0 Å². The maximum absolute atomic E-state index is 10.7. The molecule has 0 spiro atoms. The predicted octanol–water partition coefficient (Wildman–Crippen LogP) is 1.24. The lowest BCUT2D eigenvalue weighted by atomic mass is 9.79. The molecule has 1 saturated carbocycles. The van der Waals surface area contributed by atoms with Gasteiger partial charge in [-0.25, -0.2) is 4.79 Å². The summed E-state index contributed by atoms with van der Waals surface area (Å²) in [5.74, 6) is 0.247. The van der Waals surface area contributed by atoms with Gasteiger partial charge in [0.05, 0.1) is 0 Å². The molecule has 1 aliphatic carbocycles. The van der Waals surface area contributed by atoms with Crippen molar-refractivity contribution in [2.24, 2.45) is 11.8 Å². The van der Waals surface area contributed by atoms with Crippen LogP contribution < -0.4 is 5.32 Å². The normalized spacial score (nSPS) is 34.4. The van der Waals surface area contributed by atoms with Crippen LogP contribution in [0.2, 0.25) is 0 Å². The lowest BCUT2D eigenvalue weighted by molar-refractivity contribution is -0.156. The van der Waals surface area contributed by atoms with Gasteiger partial charge in [-0.05, 0) is 38.0 Å². The van der Waals surface area contributed by atoms with Crippen LogP contribution in [-0.4, -0.2) is 34.4 Å². The van der Waals surface area contributed by atoms with Crippen LogP contribution in [0.3, 0.4) is 0 Å². The molecule has 0 heterocycles. The number of aliphatic hydroxyl groups is 1. The smallest absolute Gasteiger partial charge is 0.336 e. The fourth-order valence-corrected chi connectivity index (χ4v) is 2.15. The van der Waals surface area contributed by atoms with Crippen molar-refractivity contribution in [3.63, 3.8) is 0 Å². The molecule has 4 nitrogen and oxygen atoms in total. The Kier molecular flexibility index (Phi) is 4.33. The van der Waals surface area contributed by atoms with E-state index in [0.29, 0.717) is 12.0 Å². The molecule has 0 aromatic rings. The predicted molar refractivity (Wildman–Crippen MR) is 62.2 cm³/mol. The Hall–Kier alpha value is -0.610. The van der Waals surface area contributed by atoms with Crippen LogP contribution in [-0.2, 0) is 4.79 Å². The van der Waals surface area contributed by atoms with Crippen LogP contribution >= 0.6 is 0 Å². The minimum absolute atomic E-state index is 0.119. The van der Waals surface area contributed by atoms with Crippen molar-refractivity contribution >= 4 is 5.97 Å². The molecular formula is C12H23NO3. The highest BCUT2D eigenvalue weighted by molar-refractivity contribution is 5.76. The molecule has 94 valence electrons. The second-order valence-electron chi connectivity index (χ2n) is 5.42. The molecule has 1 fully saturated rings. The zero-order valence-corrected chi connectivity index (χ0v) is 10.4. The van der Waals surface area contributed by atoms with E-state index in [9.17, 15) is 9.90 Å². The number of carboxylic acid groups (broad SMARTS) is 1. The lowest BCUT2D eigenvalue weighted by Gasteiger charge is -2.33. The monoisotopic (exact) mass is 229 g/mol. The largest absolute Gasteiger partial charge is 0.479 e. The molecule has 4 heteroatoms. The Morgan fingerprint density at radius 2 is 2.00 bits per heavy atom. The van der Waals surface area contributed by atoms with E-state index in [1.165, 1.54) is 13.3 Å². The van der Waals surface area contributed by atoms with Gasteiger partial charge < -0.3 is 15.5 Å². The van der Waals surface area contributed by atoms with Crippen LogP contribution in [0.5, 0.6) is 0 Å². The first-order valence-electron chi connectivity index (χ1n) is 6.02. The van der Waals surface area contributed by atoms with Gasteiger partial charge in [-0.15, -0.1) is 0 Å². The number of rotatable bonds is 4. The first-order chi connectivity index (χ1) is 7.33. The van der Waals surface area contributed by atoms with Gasteiger partial charge in [0, 0.05) is 12.6 Å². The summed E-state index contributed by atoms with van der Waals surface area (Å²) in [7, 11) is 0. The Morgan fingerprint density at radius 1 is 1.38 bits per heavy atom. The van der Waals surface area contributed by atoms with Crippen LogP contribution in [0.15, 0.2) is 0 Å². The van der Waals surface area contributed by atoms with Crippen LogP contribution in [0, 0.1) is 11.8 Å². The summed E-state index contributed by atoms with van der Waals surface area (Å²) < 4.78 is 0. The number of aliphatic carboxylic acids is 1. The second kappa shape index (κ2) is 5.15. The van der Waals surface area contributed by atoms with E-state index in [0.717, 1.165) is 18.8 Å². The molecule has 4 atom stereocenters. The summed E-state index contributed by atoms with van der Waals surface area (Å²) in [6, 6.07) is 0.344. The minimum atomic E-state index is -1.66. The number of carbonyl (C=O) groups is 1. The molecule has 0 aromatic carbocycles. The van der Waals surface area contributed by atoms with Gasteiger partial charge in [-0.1, -0.05) is 13.8 Å². The molecule has 0 aromatic heterocycles. The Morgan fingerprint density at radius 3 is 2.50 bits per heavy atom. The first kappa shape index (κ1) is 13.5. The Balaban J connectivity index is 2.36. The minimum Gasteiger partial charge on any atom is -0.479 e. The van der Waals surface area contributed by atoms with Crippen molar-refractivity contribution in [1.82, 2.24) is 5.32 Å². The summed E-state index contributed by atoms with van der Waals surface area (Å²) in [5, 5.41) is 21.5. The molecule has 0 bridgehead atoms. The van der Waals surface area contributed by atoms with Crippen molar-refractivity contribution in [2.75, 3.05) is 6.54 Å². The molecule has 0 aliphatic heterocycles. The van der Waals surface area contributed by atoms with Gasteiger partial charge >= 0.3 is 5.97 Å². The van der Waals surface area contributed by atoms with Gasteiger partial charge in [0.2, 0.25) is 0 Å². The van der Waals surface area contributed by atoms with E-state index in [2.05, 4.69) is 19.2 Å². The van der Waals surface area contributed by atoms with Crippen molar-refractivity contribution in [2.45, 2.75) is 51.7 Å². The van der Waals surface area contributed by atoms with E-state index >= 15 is 0 Å². The van der Waals surface area contributed by atoms with E-state index in [1.54, 1.807) is 0 Å². The van der Waals surface area contributed by atoms with E-state index in [4.69, 9.17) is 5.11 Å². The Labute approximate surface area is 97.0 Å². The summed E-state index contributed by atoms with van der Waals surface area (Å²) in [5.41, 5.74) is -1.66. The fourth-order valence-electron chi connectivity index (χ4n) is 2.15. The number of carboxylic acids is 1. The van der Waals surface area contributed by atoms with Crippen molar-refractivity contribution in [1.29, 1.82) is 0 Å². The average molecular weight is 229 g/mol. The third-order valence-electron chi connectivity index (χ3n) is 3.79. The molecule has 0 amide bonds. The SMILES string of the molecule is CC1CCC(NCC(C)(O)C(=O)O)CC1C. The van der Waals surface area contributed by atoms with Crippen LogP contribution in [0.1, 0.15) is 40.0 Å². The highest BCUT2D eigenvalue weighted by Gasteiger charge is 2.32. The highest BCUT2D eigenvalue weighted by atomic mass is 16.4. The van der Waals surface area contributed by atoms with Gasteiger partial charge in [0.15, 0.2) is 5.60 Å². The van der Waals surface area contributed by atoms with Gasteiger partial charge in [-0.2, -0.15) is 0 Å². The summed E-state index contributed by atoms with van der Waals surface area (Å²) in [4.78, 5) is 10.7. The van der Waals surface area contributed by atoms with Crippen molar-refractivity contribution in [3.05, 3.63) is 0 Å². The number of hydrogen-bond donors (Lipinski definition) is 3. The van der Waals surface area contributed by atoms with Gasteiger partial charge in [-0.3, -0.25) is 0 Å². The molecule has 0 saturated heterocycles. The standard InChI is InChI=1S/C12H23NO3/c1-8-4-5-10(6-9(8)2)13-7-12(3,16)11(14)15/h8-10,13,16H,4-7H2,1-3H3,(H,14,15). The first-order valence-corrected chi connectivity index (χ1v) is 6.02. The zero-order valence-electron chi connectivity index (χ0n) is 10.4. The molecular weight excluding hydrogens is 206 g/mol. The average Bonchev–Trinajstić information content (AvgIpc) is 2.20. The molecule has 0 radical (unpaired) electrons. The second-order valence-corrected chi connectivity index (χ2v) is 5.42. The molecule has 16 heavy (non-hydrogen) atoms. The number of hydrogen-bond acceptors (Lipinski definition) is 3. The molecule has 1 rings (SSSR count). The molecule has 4 unspecified atom stereocenters.